The normalized spacial score (nSPS) is 19.8. The van der Waals surface area contributed by atoms with Gasteiger partial charge in [-0.25, -0.2) is 0 Å². The maximum Gasteiger partial charge on any atom is -1.00 e. The number of hydrogen-bond donors (Lipinski definition) is 0. The maximum absolute atomic E-state index is 2.57. The molecule has 0 bridgehead atoms. The van der Waals surface area contributed by atoms with Crippen molar-refractivity contribution in [3.8, 4) is 0 Å². The molecule has 0 aromatic heterocycles. The molecule has 172 valence electrons. The predicted octanol–water partition coefficient (Wildman–Crippen LogP) is -2.53. The van der Waals surface area contributed by atoms with Crippen LogP contribution < -0.4 is 47.6 Å². The second kappa shape index (κ2) is 11.9. The largest absolute Gasteiger partial charge is 1.00 e. The number of halogens is 3. The van der Waals surface area contributed by atoms with Crippen LogP contribution in [0.25, 0.3) is 0 Å². The molecule has 0 amide bonds. The van der Waals surface area contributed by atoms with Crippen LogP contribution in [0.5, 0.6) is 0 Å². The van der Waals surface area contributed by atoms with Gasteiger partial charge in [-0.3, -0.25) is 0 Å². The van der Waals surface area contributed by atoms with Gasteiger partial charge in [0.1, 0.15) is 0 Å². The molecular formula is C27H35Cl3SiTi. The Balaban J connectivity index is 0.00000320. The number of allylic oxidation sites excluding steroid dienone is 4. The molecule has 0 radical (unpaired) electrons. The Bertz CT molecular complexity index is 951. The van der Waals surface area contributed by atoms with Gasteiger partial charge in [0.2, 0.25) is 0 Å². The van der Waals surface area contributed by atoms with Gasteiger partial charge in [0.25, 0.3) is 0 Å². The van der Waals surface area contributed by atoms with Gasteiger partial charge in [0.05, 0.1) is 0 Å². The molecule has 2 aromatic rings. The van der Waals surface area contributed by atoms with Crippen molar-refractivity contribution in [2.24, 2.45) is 5.92 Å². The zero-order valence-corrected chi connectivity index (χ0v) is 25.4. The van der Waals surface area contributed by atoms with Gasteiger partial charge in [-0.05, 0) is 0 Å². The number of aryl methyl sites for hydroxylation is 2. The topological polar surface area (TPSA) is 0 Å². The van der Waals surface area contributed by atoms with Crippen molar-refractivity contribution in [1.82, 2.24) is 0 Å². The van der Waals surface area contributed by atoms with Gasteiger partial charge in [-0.2, -0.15) is 0 Å². The minimum Gasteiger partial charge on any atom is -1.00 e. The molecule has 32 heavy (non-hydrogen) atoms. The maximum atomic E-state index is 2.57. The first kappa shape index (κ1) is 31.7. The monoisotopic (exact) mass is 540 g/mol. The van der Waals surface area contributed by atoms with Crippen molar-refractivity contribution >= 4 is 18.4 Å². The van der Waals surface area contributed by atoms with Crippen LogP contribution in [0.1, 0.15) is 52.7 Å². The van der Waals surface area contributed by atoms with Crippen LogP contribution in [0.3, 0.4) is 0 Å². The van der Waals surface area contributed by atoms with Crippen LogP contribution in [0.2, 0.25) is 11.1 Å². The Hall–Kier alpha value is -0.279. The van der Waals surface area contributed by atoms with Crippen molar-refractivity contribution < 1.29 is 57.7 Å². The van der Waals surface area contributed by atoms with Crippen LogP contribution >= 0.6 is 0 Å². The SMILES string of the molecule is CC1=C(C)C(C)([Si](CC(C)C)(c2ccccc2)c2cc(C)cc(C)c2)[C]([Ti+3])=C1C.[Cl-].[Cl-].[Cl-]. The second-order valence-electron chi connectivity index (χ2n) is 9.62. The first-order valence-corrected chi connectivity index (χ1v) is 13.8. The number of rotatable bonds is 5. The Morgan fingerprint density at radius 3 is 1.69 bits per heavy atom. The fourth-order valence-electron chi connectivity index (χ4n) is 5.68. The third-order valence-corrected chi connectivity index (χ3v) is 15.4. The molecule has 0 spiro atoms. The minimum atomic E-state index is -2.19. The third kappa shape index (κ3) is 5.04. The molecule has 0 aliphatic heterocycles. The van der Waals surface area contributed by atoms with Crippen molar-refractivity contribution in [2.45, 2.75) is 66.5 Å². The van der Waals surface area contributed by atoms with E-state index < -0.39 is 8.07 Å². The Kier molecular flexibility index (Phi) is 11.8. The first-order chi connectivity index (χ1) is 13.6. The zero-order valence-electron chi connectivity index (χ0n) is 20.5. The van der Waals surface area contributed by atoms with E-state index in [0.717, 1.165) is 0 Å². The summed E-state index contributed by atoms with van der Waals surface area (Å²) >= 11 is 2.41. The Labute approximate surface area is 227 Å². The quantitative estimate of drug-likeness (QED) is 0.366. The molecule has 0 nitrogen and oxygen atoms in total. The number of hydrogen-bond acceptors (Lipinski definition) is 0. The van der Waals surface area contributed by atoms with Gasteiger partial charge >= 0.3 is 192 Å². The second-order valence-corrected chi connectivity index (χ2v) is 14.8. The molecule has 1 aliphatic carbocycles. The van der Waals surface area contributed by atoms with Crippen LogP contribution in [0.4, 0.5) is 0 Å². The Morgan fingerprint density at radius 2 is 1.28 bits per heavy atom. The smallest absolute Gasteiger partial charge is 1.00 e. The molecule has 0 fully saturated rings. The van der Waals surface area contributed by atoms with Gasteiger partial charge in [0.15, 0.2) is 0 Å². The van der Waals surface area contributed by atoms with Gasteiger partial charge in [0, 0.05) is 0 Å². The van der Waals surface area contributed by atoms with E-state index in [-0.39, 0.29) is 42.3 Å². The van der Waals surface area contributed by atoms with Crippen LogP contribution in [0, 0.1) is 19.8 Å². The first-order valence-electron chi connectivity index (χ1n) is 10.8. The fraction of sp³-hybridized carbons (Fsp3) is 0.407. The summed E-state index contributed by atoms with van der Waals surface area (Å²) in [5.74, 6) is 0.640. The van der Waals surface area contributed by atoms with Crippen molar-refractivity contribution in [1.29, 1.82) is 0 Å². The van der Waals surface area contributed by atoms with Crippen molar-refractivity contribution in [2.75, 3.05) is 0 Å². The summed E-state index contributed by atoms with van der Waals surface area (Å²) in [7, 11) is -2.19. The van der Waals surface area contributed by atoms with Crippen molar-refractivity contribution in [3.05, 3.63) is 80.3 Å². The van der Waals surface area contributed by atoms with E-state index in [0.29, 0.717) is 5.92 Å². The van der Waals surface area contributed by atoms with Crippen LogP contribution in [-0.4, -0.2) is 8.07 Å². The molecule has 5 heteroatoms. The molecular weight excluding hydrogens is 507 g/mol. The zero-order chi connectivity index (χ0) is 21.6. The van der Waals surface area contributed by atoms with E-state index >= 15 is 0 Å². The summed E-state index contributed by atoms with van der Waals surface area (Å²) in [6.45, 7) is 19.0. The molecule has 2 atom stereocenters. The Morgan fingerprint density at radius 1 is 0.781 bits per heavy atom. The predicted molar refractivity (Wildman–Crippen MR) is 126 cm³/mol. The van der Waals surface area contributed by atoms with E-state index in [1.54, 1.807) is 19.8 Å². The molecule has 0 heterocycles. The number of benzene rings is 2. The van der Waals surface area contributed by atoms with Gasteiger partial charge in [-0.15, -0.1) is 0 Å². The van der Waals surface area contributed by atoms with Crippen LogP contribution in [0.15, 0.2) is 69.1 Å². The summed E-state index contributed by atoms with van der Waals surface area (Å²) in [6.07, 6.45) is 0. The average molecular weight is 542 g/mol. The van der Waals surface area contributed by atoms with Crippen molar-refractivity contribution in [3.63, 3.8) is 0 Å². The fourth-order valence-corrected chi connectivity index (χ4v) is 14.0. The standard InChI is InChI=1S/C27H35Si.3ClH.Ti/c1-19(2)18-28(25-12-10-9-11-13-25,26-15-20(3)14-21(4)16-26)27(8)17-22(5)23(6)24(27)7;;;;/h9-16,19H,18H2,1-8H3;3*1H;/q;;;;+3/p-3. The van der Waals surface area contributed by atoms with E-state index in [1.165, 1.54) is 28.3 Å². The van der Waals surface area contributed by atoms with E-state index in [9.17, 15) is 0 Å². The van der Waals surface area contributed by atoms with E-state index in [1.807, 2.05) is 0 Å². The minimum absolute atomic E-state index is 0. The summed E-state index contributed by atoms with van der Waals surface area (Å²) in [4.78, 5) is 0. The molecule has 2 aromatic carbocycles. The molecule has 1 aliphatic rings. The third-order valence-electron chi connectivity index (χ3n) is 7.30. The molecule has 2 unspecified atom stereocenters. The molecule has 0 saturated heterocycles. The van der Waals surface area contributed by atoms with Crippen LogP contribution in [-0.2, 0) is 20.4 Å². The summed E-state index contributed by atoms with van der Waals surface area (Å²) in [5, 5.41) is 3.26. The molecule has 0 N–H and O–H groups in total. The molecule has 0 saturated carbocycles. The van der Waals surface area contributed by atoms with E-state index in [2.05, 4.69) is 124 Å². The molecule has 3 rings (SSSR count). The summed E-state index contributed by atoms with van der Waals surface area (Å²) < 4.78 is 1.59. The van der Waals surface area contributed by atoms with E-state index in [4.69, 9.17) is 0 Å². The average Bonchev–Trinajstić information content (AvgIpc) is 2.82. The summed E-state index contributed by atoms with van der Waals surface area (Å²) in [6, 6.07) is 20.1. The van der Waals surface area contributed by atoms with Gasteiger partial charge in [-0.1, -0.05) is 0 Å². The van der Waals surface area contributed by atoms with Gasteiger partial charge < -0.3 is 37.2 Å². The summed E-state index contributed by atoms with van der Waals surface area (Å²) in [5.41, 5.74) is 7.37.